The van der Waals surface area contributed by atoms with Crippen LogP contribution in [0.1, 0.15) is 30.5 Å². The molecular weight excluding hydrogens is 335 g/mol. The molecule has 1 unspecified atom stereocenters. The molecule has 0 N–H and O–H groups in total. The molecule has 5 nitrogen and oxygen atoms in total. The summed E-state index contributed by atoms with van der Waals surface area (Å²) in [6, 6.07) is 12.3. The van der Waals surface area contributed by atoms with E-state index in [4.69, 9.17) is 4.42 Å². The van der Waals surface area contributed by atoms with Gasteiger partial charge in [-0.2, -0.15) is 5.10 Å². The third kappa shape index (κ3) is 2.69. The fraction of sp³-hybridized carbons (Fsp3) is 0.150. The minimum Gasteiger partial charge on any atom is -0.464 e. The van der Waals surface area contributed by atoms with Crippen molar-refractivity contribution in [1.82, 2.24) is 5.01 Å². The standard InChI is InChI=1S/C20H15FN2O3/c1-12(24)23-18(10-17(22-23)13-6-8-14(21)9-7-13)16-11-26-19-5-3-2-4-15(19)20(16)25/h2-9,11,18H,10H2,1H3. The van der Waals surface area contributed by atoms with E-state index in [9.17, 15) is 14.0 Å². The molecule has 0 saturated heterocycles. The van der Waals surface area contributed by atoms with Gasteiger partial charge in [0.15, 0.2) is 5.43 Å². The van der Waals surface area contributed by atoms with Gasteiger partial charge in [0.25, 0.3) is 0 Å². The van der Waals surface area contributed by atoms with E-state index < -0.39 is 6.04 Å². The van der Waals surface area contributed by atoms with E-state index in [0.717, 1.165) is 0 Å². The molecule has 3 aromatic rings. The van der Waals surface area contributed by atoms with Crippen molar-refractivity contribution < 1.29 is 13.6 Å². The van der Waals surface area contributed by atoms with Crippen LogP contribution in [0.25, 0.3) is 11.0 Å². The van der Waals surface area contributed by atoms with E-state index in [0.29, 0.717) is 34.2 Å². The molecule has 0 spiro atoms. The van der Waals surface area contributed by atoms with Gasteiger partial charge < -0.3 is 4.42 Å². The Hall–Kier alpha value is -3.28. The van der Waals surface area contributed by atoms with Crippen molar-refractivity contribution in [2.24, 2.45) is 5.10 Å². The quantitative estimate of drug-likeness (QED) is 0.709. The van der Waals surface area contributed by atoms with Crippen LogP contribution in [0.15, 0.2) is 69.1 Å². The van der Waals surface area contributed by atoms with Gasteiger partial charge in [-0.05, 0) is 29.8 Å². The predicted molar refractivity (Wildman–Crippen MR) is 95.3 cm³/mol. The Morgan fingerprint density at radius 2 is 1.92 bits per heavy atom. The fourth-order valence-corrected chi connectivity index (χ4v) is 3.18. The molecule has 1 atom stereocenters. The molecule has 0 aliphatic carbocycles. The number of hydrazone groups is 1. The second-order valence-electron chi connectivity index (χ2n) is 6.15. The lowest BCUT2D eigenvalue weighted by atomic mass is 9.98. The number of benzene rings is 2. The number of nitrogens with zero attached hydrogens (tertiary/aromatic N) is 2. The molecule has 6 heteroatoms. The highest BCUT2D eigenvalue weighted by molar-refractivity contribution is 6.03. The van der Waals surface area contributed by atoms with Crippen LogP contribution in [0, 0.1) is 5.82 Å². The van der Waals surface area contributed by atoms with Crippen LogP contribution in [0.4, 0.5) is 4.39 Å². The van der Waals surface area contributed by atoms with Crippen molar-refractivity contribution in [2.45, 2.75) is 19.4 Å². The summed E-state index contributed by atoms with van der Waals surface area (Å²) in [6.07, 6.45) is 1.75. The molecule has 1 amide bonds. The summed E-state index contributed by atoms with van der Waals surface area (Å²) in [5.41, 5.74) is 2.02. The summed E-state index contributed by atoms with van der Waals surface area (Å²) in [4.78, 5) is 24.9. The van der Waals surface area contributed by atoms with Gasteiger partial charge in [-0.3, -0.25) is 9.59 Å². The maximum atomic E-state index is 13.2. The van der Waals surface area contributed by atoms with Crippen LogP contribution < -0.4 is 5.43 Å². The van der Waals surface area contributed by atoms with Crippen molar-refractivity contribution in [3.05, 3.63) is 82.0 Å². The Morgan fingerprint density at radius 3 is 2.65 bits per heavy atom. The first-order chi connectivity index (χ1) is 12.5. The first-order valence-corrected chi connectivity index (χ1v) is 8.18. The minimum atomic E-state index is -0.548. The number of carbonyl (C=O) groups is 1. The Kier molecular flexibility index (Phi) is 3.88. The van der Waals surface area contributed by atoms with Crippen LogP contribution in [0.5, 0.6) is 0 Å². The number of carbonyl (C=O) groups excluding carboxylic acids is 1. The molecule has 2 aromatic carbocycles. The molecule has 1 aliphatic rings. The second-order valence-corrected chi connectivity index (χ2v) is 6.15. The van der Waals surface area contributed by atoms with Gasteiger partial charge in [0.05, 0.1) is 22.7 Å². The van der Waals surface area contributed by atoms with Gasteiger partial charge in [-0.15, -0.1) is 0 Å². The van der Waals surface area contributed by atoms with Crippen molar-refractivity contribution in [1.29, 1.82) is 0 Å². The number of rotatable bonds is 2. The van der Waals surface area contributed by atoms with Gasteiger partial charge in [0.2, 0.25) is 5.91 Å². The molecule has 0 radical (unpaired) electrons. The van der Waals surface area contributed by atoms with Crippen LogP contribution in [-0.2, 0) is 4.79 Å². The zero-order chi connectivity index (χ0) is 18.3. The summed E-state index contributed by atoms with van der Waals surface area (Å²) in [5, 5.41) is 6.12. The van der Waals surface area contributed by atoms with Crippen LogP contribution >= 0.6 is 0 Å². The summed E-state index contributed by atoms with van der Waals surface area (Å²) >= 11 is 0. The molecule has 2 heterocycles. The van der Waals surface area contributed by atoms with Crippen LogP contribution in [0.3, 0.4) is 0 Å². The van der Waals surface area contributed by atoms with Gasteiger partial charge in [0.1, 0.15) is 17.7 Å². The molecule has 0 bridgehead atoms. The highest BCUT2D eigenvalue weighted by atomic mass is 19.1. The number of fused-ring (bicyclic) bond motifs is 1. The van der Waals surface area contributed by atoms with Gasteiger partial charge >= 0.3 is 0 Å². The zero-order valence-electron chi connectivity index (χ0n) is 14.0. The van der Waals surface area contributed by atoms with E-state index in [2.05, 4.69) is 5.10 Å². The smallest absolute Gasteiger partial charge is 0.240 e. The molecule has 26 heavy (non-hydrogen) atoms. The van der Waals surface area contributed by atoms with E-state index in [1.165, 1.54) is 30.3 Å². The van der Waals surface area contributed by atoms with Crippen molar-refractivity contribution in [2.75, 3.05) is 0 Å². The second kappa shape index (κ2) is 6.22. The summed E-state index contributed by atoms with van der Waals surface area (Å²) < 4.78 is 18.7. The maximum Gasteiger partial charge on any atom is 0.240 e. The lowest BCUT2D eigenvalue weighted by Gasteiger charge is -2.19. The molecule has 1 aromatic heterocycles. The fourth-order valence-electron chi connectivity index (χ4n) is 3.18. The number of hydrogen-bond donors (Lipinski definition) is 0. The van der Waals surface area contributed by atoms with E-state index in [-0.39, 0.29) is 17.2 Å². The Balaban J connectivity index is 1.77. The average Bonchev–Trinajstić information content (AvgIpc) is 3.08. The molecule has 0 fully saturated rings. The number of halogens is 1. The Labute approximate surface area is 148 Å². The highest BCUT2D eigenvalue weighted by Crippen LogP contribution is 2.32. The topological polar surface area (TPSA) is 62.9 Å². The Bertz CT molecular complexity index is 1090. The van der Waals surface area contributed by atoms with Gasteiger partial charge in [-0.25, -0.2) is 9.40 Å². The van der Waals surface area contributed by atoms with Gasteiger partial charge in [0, 0.05) is 13.3 Å². The van der Waals surface area contributed by atoms with E-state index in [1.54, 1.807) is 36.4 Å². The number of amides is 1. The lowest BCUT2D eigenvalue weighted by molar-refractivity contribution is -0.130. The SMILES string of the molecule is CC(=O)N1N=C(c2ccc(F)cc2)CC1c1coc2ccccc2c1=O. The predicted octanol–water partition coefficient (Wildman–Crippen LogP) is 3.63. The highest BCUT2D eigenvalue weighted by Gasteiger charge is 2.33. The van der Waals surface area contributed by atoms with Crippen molar-refractivity contribution in [3.8, 4) is 0 Å². The molecule has 1 aliphatic heterocycles. The average molecular weight is 350 g/mol. The minimum absolute atomic E-state index is 0.182. The largest absolute Gasteiger partial charge is 0.464 e. The first-order valence-electron chi connectivity index (χ1n) is 8.18. The number of para-hydroxylation sites is 1. The zero-order valence-corrected chi connectivity index (χ0v) is 14.0. The molecule has 130 valence electrons. The molecule has 4 rings (SSSR count). The first kappa shape index (κ1) is 16.2. The molecular formula is C20H15FN2O3. The van der Waals surface area contributed by atoms with E-state index >= 15 is 0 Å². The number of hydrogen-bond acceptors (Lipinski definition) is 4. The Morgan fingerprint density at radius 1 is 1.19 bits per heavy atom. The monoisotopic (exact) mass is 350 g/mol. The van der Waals surface area contributed by atoms with Crippen molar-refractivity contribution >= 4 is 22.6 Å². The van der Waals surface area contributed by atoms with E-state index in [1.807, 2.05) is 0 Å². The summed E-state index contributed by atoms with van der Waals surface area (Å²) in [6.45, 7) is 1.40. The summed E-state index contributed by atoms with van der Waals surface area (Å²) in [5.74, 6) is -0.623. The lowest BCUT2D eigenvalue weighted by Crippen LogP contribution is -2.28. The third-order valence-electron chi connectivity index (χ3n) is 4.48. The maximum absolute atomic E-state index is 13.2. The summed E-state index contributed by atoms with van der Waals surface area (Å²) in [7, 11) is 0. The normalized spacial score (nSPS) is 16.8. The van der Waals surface area contributed by atoms with Gasteiger partial charge in [-0.1, -0.05) is 24.3 Å². The third-order valence-corrected chi connectivity index (χ3v) is 4.48. The van der Waals surface area contributed by atoms with Crippen LogP contribution in [0.2, 0.25) is 0 Å². The van der Waals surface area contributed by atoms with Crippen LogP contribution in [-0.4, -0.2) is 16.6 Å². The van der Waals surface area contributed by atoms with Crippen molar-refractivity contribution in [3.63, 3.8) is 0 Å². The molecule has 0 saturated carbocycles.